The molecule has 1 aromatic heterocycles. The molecule has 0 aromatic carbocycles. The number of ether oxygens (including phenoxy) is 1. The summed E-state index contributed by atoms with van der Waals surface area (Å²) in [6.07, 6.45) is 10.0. The summed E-state index contributed by atoms with van der Waals surface area (Å²) in [6.45, 7) is -0.411. The van der Waals surface area contributed by atoms with Crippen molar-refractivity contribution in [2.45, 2.75) is 31.8 Å². The lowest BCUT2D eigenvalue weighted by Gasteiger charge is -2.33. The average molecular weight is 332 g/mol. The van der Waals surface area contributed by atoms with Gasteiger partial charge in [0, 0.05) is 12.1 Å². The zero-order valence-corrected chi connectivity index (χ0v) is 13.9. The Hall–Kier alpha value is -1.92. The fourth-order valence-corrected chi connectivity index (χ4v) is 3.26. The van der Waals surface area contributed by atoms with Gasteiger partial charge in [-0.25, -0.2) is 4.98 Å². The molecule has 0 radical (unpaired) electrons. The molecule has 24 heavy (non-hydrogen) atoms. The second kappa shape index (κ2) is 6.91. The molecule has 1 spiro atoms. The number of nitrogens with one attached hydrogen (secondary N) is 1. The molecule has 6 heteroatoms. The maximum Gasteiger partial charge on any atom is 0.269 e. The maximum absolute atomic E-state index is 12.1. The van der Waals surface area contributed by atoms with Crippen LogP contribution in [0.5, 0.6) is 5.75 Å². The molecule has 1 aromatic rings. The zero-order chi connectivity index (χ0) is 17.2. The van der Waals surface area contributed by atoms with Crippen LogP contribution in [0.1, 0.15) is 41.7 Å². The minimum atomic E-state index is -0.972. The summed E-state index contributed by atoms with van der Waals surface area (Å²) in [7, 11) is 1.58. The van der Waals surface area contributed by atoms with E-state index in [2.05, 4.69) is 16.4 Å². The van der Waals surface area contributed by atoms with Gasteiger partial charge in [-0.05, 0) is 43.1 Å². The third kappa shape index (κ3) is 3.76. The molecular formula is C18H24N2O4. The van der Waals surface area contributed by atoms with Gasteiger partial charge in [-0.3, -0.25) is 4.79 Å². The molecule has 0 saturated heterocycles. The quantitative estimate of drug-likeness (QED) is 0.701. The Labute approximate surface area is 141 Å². The molecule has 2 aliphatic rings. The minimum Gasteiger partial charge on any atom is -0.495 e. The van der Waals surface area contributed by atoms with Gasteiger partial charge in [-0.15, -0.1) is 0 Å². The number of aliphatic hydroxyl groups is 2. The van der Waals surface area contributed by atoms with Gasteiger partial charge in [0.15, 0.2) is 0 Å². The highest BCUT2D eigenvalue weighted by atomic mass is 16.5. The Kier molecular flexibility index (Phi) is 4.87. The van der Waals surface area contributed by atoms with Crippen molar-refractivity contribution in [3.8, 4) is 5.75 Å². The number of nitrogens with zero attached hydrogens (tertiary/aromatic N) is 1. The van der Waals surface area contributed by atoms with Crippen molar-refractivity contribution in [2.24, 2.45) is 11.3 Å². The second-order valence-corrected chi connectivity index (χ2v) is 6.89. The van der Waals surface area contributed by atoms with Crippen LogP contribution in [-0.4, -0.2) is 47.5 Å². The van der Waals surface area contributed by atoms with Crippen LogP contribution in [0.15, 0.2) is 18.3 Å². The number of amides is 1. The van der Waals surface area contributed by atoms with E-state index < -0.39 is 12.7 Å². The molecule has 0 aliphatic heterocycles. The number of carbonyl (C=O) groups is 1. The van der Waals surface area contributed by atoms with Gasteiger partial charge < -0.3 is 20.3 Å². The monoisotopic (exact) mass is 332 g/mol. The Balaban J connectivity index is 1.65. The molecule has 130 valence electrons. The SMILES string of the molecule is COc1cnc(C(=O)NCC(O)CO)cc1C=CC1CC2(CC2)C1. The number of pyridine rings is 1. The molecule has 1 atom stereocenters. The fourth-order valence-electron chi connectivity index (χ4n) is 3.26. The van der Waals surface area contributed by atoms with Gasteiger partial charge in [0.25, 0.3) is 5.91 Å². The van der Waals surface area contributed by atoms with Crippen LogP contribution in [-0.2, 0) is 0 Å². The predicted molar refractivity (Wildman–Crippen MR) is 89.6 cm³/mol. The third-order valence-corrected chi connectivity index (χ3v) is 4.95. The van der Waals surface area contributed by atoms with Crippen molar-refractivity contribution < 1.29 is 19.7 Å². The Morgan fingerprint density at radius 1 is 1.54 bits per heavy atom. The lowest BCUT2D eigenvalue weighted by atomic mass is 9.72. The number of aromatic nitrogens is 1. The zero-order valence-electron chi connectivity index (χ0n) is 13.9. The summed E-state index contributed by atoms with van der Waals surface area (Å²) in [5.41, 5.74) is 1.74. The predicted octanol–water partition coefficient (Wildman–Crippen LogP) is 1.38. The van der Waals surface area contributed by atoms with E-state index in [0.29, 0.717) is 17.1 Å². The first-order chi connectivity index (χ1) is 11.5. The van der Waals surface area contributed by atoms with Crippen molar-refractivity contribution in [3.05, 3.63) is 29.6 Å². The lowest BCUT2D eigenvalue weighted by molar-refractivity contribution is 0.0798. The maximum atomic E-state index is 12.1. The van der Waals surface area contributed by atoms with Crippen LogP contribution in [0, 0.1) is 11.3 Å². The normalized spacial score (nSPS) is 20.0. The lowest BCUT2D eigenvalue weighted by Crippen LogP contribution is -2.34. The Morgan fingerprint density at radius 2 is 2.29 bits per heavy atom. The molecule has 1 heterocycles. The number of hydrogen-bond acceptors (Lipinski definition) is 5. The standard InChI is InChI=1S/C18H24N2O4/c1-24-16-10-19-15(17(23)20-9-14(22)11-21)6-13(16)3-2-12-7-18(8-12)4-5-18/h2-3,6,10,12,14,21-22H,4-5,7-9,11H2,1H3,(H,20,23). The first-order valence-corrected chi connectivity index (χ1v) is 8.34. The van der Waals surface area contributed by atoms with E-state index in [-0.39, 0.29) is 18.1 Å². The largest absolute Gasteiger partial charge is 0.495 e. The highest BCUT2D eigenvalue weighted by Gasteiger charge is 2.51. The van der Waals surface area contributed by atoms with Gasteiger partial charge in [0.05, 0.1) is 26.0 Å². The average Bonchev–Trinajstić information content (AvgIpc) is 3.37. The summed E-state index contributed by atoms with van der Waals surface area (Å²) in [6, 6.07) is 1.68. The topological polar surface area (TPSA) is 91.7 Å². The van der Waals surface area contributed by atoms with Gasteiger partial charge in [-0.2, -0.15) is 0 Å². The summed E-state index contributed by atoms with van der Waals surface area (Å²) < 4.78 is 5.31. The molecule has 2 fully saturated rings. The van der Waals surface area contributed by atoms with E-state index >= 15 is 0 Å². The van der Waals surface area contributed by atoms with Gasteiger partial charge in [0.1, 0.15) is 11.4 Å². The van der Waals surface area contributed by atoms with Crippen molar-refractivity contribution in [2.75, 3.05) is 20.3 Å². The van der Waals surface area contributed by atoms with E-state index in [1.54, 1.807) is 13.2 Å². The molecular weight excluding hydrogens is 308 g/mol. The summed E-state index contributed by atoms with van der Waals surface area (Å²) >= 11 is 0. The van der Waals surface area contributed by atoms with Crippen LogP contribution >= 0.6 is 0 Å². The fraction of sp³-hybridized carbons (Fsp3) is 0.556. The number of aliphatic hydroxyl groups excluding tert-OH is 2. The highest BCUT2D eigenvalue weighted by Crippen LogP contribution is 2.63. The number of rotatable bonds is 7. The molecule has 3 N–H and O–H groups in total. The van der Waals surface area contributed by atoms with E-state index in [0.717, 1.165) is 5.56 Å². The van der Waals surface area contributed by atoms with Crippen LogP contribution in [0.2, 0.25) is 0 Å². The van der Waals surface area contributed by atoms with Crippen LogP contribution in [0.3, 0.4) is 0 Å². The Morgan fingerprint density at radius 3 is 2.92 bits per heavy atom. The first-order valence-electron chi connectivity index (χ1n) is 8.34. The van der Waals surface area contributed by atoms with Crippen LogP contribution < -0.4 is 10.1 Å². The smallest absolute Gasteiger partial charge is 0.269 e. The van der Waals surface area contributed by atoms with Crippen LogP contribution in [0.25, 0.3) is 6.08 Å². The van der Waals surface area contributed by atoms with Crippen molar-refractivity contribution in [3.63, 3.8) is 0 Å². The molecule has 3 rings (SSSR count). The van der Waals surface area contributed by atoms with Crippen molar-refractivity contribution in [1.29, 1.82) is 0 Å². The third-order valence-electron chi connectivity index (χ3n) is 4.95. The van der Waals surface area contributed by atoms with E-state index in [1.165, 1.54) is 31.9 Å². The summed E-state index contributed by atoms with van der Waals surface area (Å²) in [5, 5.41) is 20.6. The molecule has 0 bridgehead atoms. The van der Waals surface area contributed by atoms with E-state index in [1.807, 2.05) is 6.08 Å². The molecule has 6 nitrogen and oxygen atoms in total. The molecule has 1 amide bonds. The minimum absolute atomic E-state index is 0.0155. The molecule has 1 unspecified atom stereocenters. The van der Waals surface area contributed by atoms with Gasteiger partial charge in [0.2, 0.25) is 0 Å². The molecule has 2 aliphatic carbocycles. The first kappa shape index (κ1) is 16.9. The Bertz CT molecular complexity index is 632. The number of hydrogen-bond donors (Lipinski definition) is 3. The second-order valence-electron chi connectivity index (χ2n) is 6.89. The number of carbonyl (C=O) groups excluding carboxylic acids is 1. The van der Waals surface area contributed by atoms with E-state index in [9.17, 15) is 9.90 Å². The van der Waals surface area contributed by atoms with Gasteiger partial charge >= 0.3 is 0 Å². The van der Waals surface area contributed by atoms with Gasteiger partial charge in [-0.1, -0.05) is 12.2 Å². The van der Waals surface area contributed by atoms with Crippen LogP contribution in [0.4, 0.5) is 0 Å². The summed E-state index contributed by atoms with van der Waals surface area (Å²) in [5.74, 6) is 0.849. The molecule has 2 saturated carbocycles. The highest BCUT2D eigenvalue weighted by molar-refractivity contribution is 5.93. The van der Waals surface area contributed by atoms with Crippen molar-refractivity contribution >= 4 is 12.0 Å². The van der Waals surface area contributed by atoms with E-state index in [4.69, 9.17) is 9.84 Å². The number of methoxy groups -OCH3 is 1. The summed E-state index contributed by atoms with van der Waals surface area (Å²) in [4.78, 5) is 16.2. The number of allylic oxidation sites excluding steroid dienone is 1. The van der Waals surface area contributed by atoms with Crippen molar-refractivity contribution in [1.82, 2.24) is 10.3 Å².